The minimum Gasteiger partial charge on any atom is -0.381 e. The van der Waals surface area contributed by atoms with Crippen molar-refractivity contribution in [3.63, 3.8) is 0 Å². The van der Waals surface area contributed by atoms with E-state index in [1.165, 1.54) is 30.4 Å². The predicted octanol–water partition coefficient (Wildman–Crippen LogP) is 3.79. The van der Waals surface area contributed by atoms with Crippen LogP contribution in [0.1, 0.15) is 44.2 Å². The van der Waals surface area contributed by atoms with Gasteiger partial charge in [-0.2, -0.15) is 0 Å². The summed E-state index contributed by atoms with van der Waals surface area (Å²) in [5, 5.41) is 3.49. The maximum atomic E-state index is 5.62. The maximum Gasteiger partial charge on any atom is 0.0494 e. The van der Waals surface area contributed by atoms with Crippen LogP contribution < -0.4 is 5.32 Å². The summed E-state index contributed by atoms with van der Waals surface area (Å²) < 4.78 is 5.62. The van der Waals surface area contributed by atoms with Crippen LogP contribution in [0.5, 0.6) is 0 Å². The number of nitrogens with one attached hydrogen (secondary N) is 1. The first kappa shape index (κ1) is 15.5. The fraction of sp³-hybridized carbons (Fsp3) is 0.667. The van der Waals surface area contributed by atoms with Crippen molar-refractivity contribution >= 4 is 0 Å². The number of hydrogen-bond donors (Lipinski definition) is 1. The zero-order valence-corrected chi connectivity index (χ0v) is 13.0. The normalized spacial score (nSPS) is 14.9. The molecule has 0 bridgehead atoms. The molecular formula is C18H29NO. The van der Waals surface area contributed by atoms with Gasteiger partial charge < -0.3 is 10.1 Å². The number of hydrogen-bond acceptors (Lipinski definition) is 2. The van der Waals surface area contributed by atoms with Crippen LogP contribution in [0.25, 0.3) is 0 Å². The van der Waals surface area contributed by atoms with Gasteiger partial charge in [-0.25, -0.2) is 0 Å². The fourth-order valence-electron chi connectivity index (χ4n) is 2.33. The van der Waals surface area contributed by atoms with Crippen molar-refractivity contribution in [2.75, 3.05) is 19.8 Å². The average Bonchev–Trinajstić information content (AvgIpc) is 3.23. The standard InChI is InChI=1S/C18H29NO/c1-15(2)12-16-4-6-17(7-5-16)13-19-10-3-11-20-14-18-8-9-18/h4-7,15,18-19H,3,8-14H2,1-2H3. The lowest BCUT2D eigenvalue weighted by atomic mass is 10.0. The monoisotopic (exact) mass is 275 g/mol. The van der Waals surface area contributed by atoms with Crippen LogP contribution in [0, 0.1) is 11.8 Å². The van der Waals surface area contributed by atoms with Gasteiger partial charge in [-0.3, -0.25) is 0 Å². The molecule has 0 radical (unpaired) electrons. The second kappa shape index (κ2) is 8.43. The van der Waals surface area contributed by atoms with Crippen molar-refractivity contribution in [2.24, 2.45) is 11.8 Å². The summed E-state index contributed by atoms with van der Waals surface area (Å²) in [6.07, 6.45) is 5.04. The van der Waals surface area contributed by atoms with Gasteiger partial charge in [0.05, 0.1) is 0 Å². The molecule has 1 N–H and O–H groups in total. The second-order valence-corrected chi connectivity index (χ2v) is 6.46. The lowest BCUT2D eigenvalue weighted by Gasteiger charge is -2.08. The van der Waals surface area contributed by atoms with Gasteiger partial charge in [-0.1, -0.05) is 38.1 Å². The molecule has 0 heterocycles. The zero-order chi connectivity index (χ0) is 14.2. The zero-order valence-electron chi connectivity index (χ0n) is 13.0. The Bertz CT molecular complexity index is 368. The molecule has 2 rings (SSSR count). The Balaban J connectivity index is 1.52. The topological polar surface area (TPSA) is 21.3 Å². The molecule has 1 aliphatic rings. The maximum absolute atomic E-state index is 5.62. The van der Waals surface area contributed by atoms with Crippen molar-refractivity contribution in [2.45, 2.75) is 46.1 Å². The van der Waals surface area contributed by atoms with Gasteiger partial charge in [-0.05, 0) is 55.2 Å². The van der Waals surface area contributed by atoms with Crippen LogP contribution in [0.4, 0.5) is 0 Å². The molecule has 1 fully saturated rings. The predicted molar refractivity (Wildman–Crippen MR) is 84.9 cm³/mol. The summed E-state index contributed by atoms with van der Waals surface area (Å²) >= 11 is 0. The molecule has 1 aromatic carbocycles. The first-order valence-electron chi connectivity index (χ1n) is 8.10. The molecule has 0 spiro atoms. The van der Waals surface area contributed by atoms with Gasteiger partial charge in [0.25, 0.3) is 0 Å². The van der Waals surface area contributed by atoms with Crippen LogP contribution in [-0.2, 0) is 17.7 Å². The number of ether oxygens (including phenoxy) is 1. The third-order valence-corrected chi connectivity index (χ3v) is 3.69. The number of benzene rings is 1. The smallest absolute Gasteiger partial charge is 0.0494 e. The van der Waals surface area contributed by atoms with E-state index < -0.39 is 0 Å². The van der Waals surface area contributed by atoms with Crippen molar-refractivity contribution in [3.8, 4) is 0 Å². The lowest BCUT2D eigenvalue weighted by Crippen LogP contribution is -2.16. The molecule has 1 aliphatic carbocycles. The first-order valence-corrected chi connectivity index (χ1v) is 8.10. The van der Waals surface area contributed by atoms with Gasteiger partial charge in [0.1, 0.15) is 0 Å². The van der Waals surface area contributed by atoms with Crippen molar-refractivity contribution in [3.05, 3.63) is 35.4 Å². The van der Waals surface area contributed by atoms with E-state index in [1.54, 1.807) is 0 Å². The summed E-state index contributed by atoms with van der Waals surface area (Å²) in [7, 11) is 0. The molecule has 0 amide bonds. The summed E-state index contributed by atoms with van der Waals surface area (Å²) in [6.45, 7) is 8.42. The van der Waals surface area contributed by atoms with E-state index in [2.05, 4.69) is 43.4 Å². The van der Waals surface area contributed by atoms with Crippen molar-refractivity contribution in [1.82, 2.24) is 5.32 Å². The molecular weight excluding hydrogens is 246 g/mol. The van der Waals surface area contributed by atoms with Crippen LogP contribution in [0.2, 0.25) is 0 Å². The quantitative estimate of drug-likeness (QED) is 0.656. The Hall–Kier alpha value is -0.860. The minimum atomic E-state index is 0.731. The van der Waals surface area contributed by atoms with E-state index in [0.29, 0.717) is 0 Å². The highest BCUT2D eigenvalue weighted by molar-refractivity contribution is 5.22. The van der Waals surface area contributed by atoms with Gasteiger partial charge >= 0.3 is 0 Å². The lowest BCUT2D eigenvalue weighted by molar-refractivity contribution is 0.122. The summed E-state index contributed by atoms with van der Waals surface area (Å²) in [4.78, 5) is 0. The highest BCUT2D eigenvalue weighted by atomic mass is 16.5. The van der Waals surface area contributed by atoms with Crippen molar-refractivity contribution < 1.29 is 4.74 Å². The fourth-order valence-corrected chi connectivity index (χ4v) is 2.33. The third-order valence-electron chi connectivity index (χ3n) is 3.69. The molecule has 2 heteroatoms. The molecule has 0 aliphatic heterocycles. The Labute approximate surface area is 123 Å². The van der Waals surface area contributed by atoms with Crippen molar-refractivity contribution in [1.29, 1.82) is 0 Å². The molecule has 0 aromatic heterocycles. The summed E-state index contributed by atoms with van der Waals surface area (Å²) in [5.74, 6) is 1.61. The van der Waals surface area contributed by atoms with Gasteiger partial charge in [0.2, 0.25) is 0 Å². The summed E-state index contributed by atoms with van der Waals surface area (Å²) in [5.41, 5.74) is 2.81. The van der Waals surface area contributed by atoms with Gasteiger partial charge in [0, 0.05) is 19.8 Å². The van der Waals surface area contributed by atoms with E-state index in [-0.39, 0.29) is 0 Å². The molecule has 0 saturated heterocycles. The van der Waals surface area contributed by atoms with E-state index in [4.69, 9.17) is 4.74 Å². The first-order chi connectivity index (χ1) is 9.74. The van der Waals surface area contributed by atoms with E-state index >= 15 is 0 Å². The van der Waals surface area contributed by atoms with Crippen LogP contribution in [-0.4, -0.2) is 19.8 Å². The van der Waals surface area contributed by atoms with Gasteiger partial charge in [-0.15, -0.1) is 0 Å². The molecule has 1 saturated carbocycles. The van der Waals surface area contributed by atoms with Crippen LogP contribution >= 0.6 is 0 Å². The van der Waals surface area contributed by atoms with Gasteiger partial charge in [0.15, 0.2) is 0 Å². The minimum absolute atomic E-state index is 0.731. The Morgan fingerprint density at radius 1 is 1.15 bits per heavy atom. The Morgan fingerprint density at radius 2 is 1.85 bits per heavy atom. The number of rotatable bonds is 10. The largest absolute Gasteiger partial charge is 0.381 e. The Kier molecular flexibility index (Phi) is 6.55. The SMILES string of the molecule is CC(C)Cc1ccc(CNCCCOCC2CC2)cc1. The second-order valence-electron chi connectivity index (χ2n) is 6.46. The Morgan fingerprint density at radius 3 is 2.50 bits per heavy atom. The van der Waals surface area contributed by atoms with E-state index in [1.807, 2.05) is 0 Å². The highest BCUT2D eigenvalue weighted by Gasteiger charge is 2.20. The van der Waals surface area contributed by atoms with E-state index in [9.17, 15) is 0 Å². The molecule has 2 nitrogen and oxygen atoms in total. The van der Waals surface area contributed by atoms with E-state index in [0.717, 1.165) is 44.6 Å². The molecule has 0 atom stereocenters. The molecule has 112 valence electrons. The third kappa shape index (κ3) is 6.53. The van der Waals surface area contributed by atoms with Crippen LogP contribution in [0.3, 0.4) is 0 Å². The molecule has 0 unspecified atom stereocenters. The molecule has 20 heavy (non-hydrogen) atoms. The average molecular weight is 275 g/mol. The van der Waals surface area contributed by atoms with Crippen LogP contribution in [0.15, 0.2) is 24.3 Å². The molecule has 1 aromatic rings. The summed E-state index contributed by atoms with van der Waals surface area (Å²) in [6, 6.07) is 9.01. The highest BCUT2D eigenvalue weighted by Crippen LogP contribution is 2.28.